The molecule has 0 saturated carbocycles. The zero-order valence-electron chi connectivity index (χ0n) is 28.3. The van der Waals surface area contributed by atoms with Crippen LogP contribution in [0.25, 0.3) is 10.8 Å². The topological polar surface area (TPSA) is 125 Å². The third kappa shape index (κ3) is 6.74. The van der Waals surface area contributed by atoms with Crippen molar-refractivity contribution in [2.45, 2.75) is 62.3 Å². The Morgan fingerprint density at radius 3 is 2.45 bits per heavy atom. The first-order valence-electron chi connectivity index (χ1n) is 17.8. The van der Waals surface area contributed by atoms with Crippen LogP contribution in [0.15, 0.2) is 95.5 Å². The molecule has 5 bridgehead atoms. The fraction of sp³-hybridized carbons (Fsp3) is 0.400. The van der Waals surface area contributed by atoms with E-state index in [1.54, 1.807) is 9.80 Å². The van der Waals surface area contributed by atoms with Gasteiger partial charge in [0.2, 0.25) is 11.8 Å². The van der Waals surface area contributed by atoms with Crippen LogP contribution in [0.5, 0.6) is 0 Å². The maximum atomic E-state index is 15.2. The second kappa shape index (κ2) is 15.1. The van der Waals surface area contributed by atoms with E-state index in [2.05, 4.69) is 21.2 Å². The summed E-state index contributed by atoms with van der Waals surface area (Å²) in [5, 5.41) is 14.4. The highest BCUT2D eigenvalue weighted by atomic mass is 79.9. The zero-order chi connectivity index (χ0) is 35.5. The fourth-order valence-corrected chi connectivity index (χ4v) is 8.76. The van der Waals surface area contributed by atoms with Crippen LogP contribution in [0.3, 0.4) is 0 Å². The molecule has 4 heterocycles. The Morgan fingerprint density at radius 1 is 0.882 bits per heavy atom. The number of anilines is 1. The number of likely N-dealkylation sites (tertiary alicyclic amines) is 1. The number of hydrogen-bond donors (Lipinski definition) is 2. The van der Waals surface area contributed by atoms with Gasteiger partial charge in [0.05, 0.1) is 17.9 Å². The van der Waals surface area contributed by atoms with Crippen LogP contribution in [-0.4, -0.2) is 77.7 Å². The summed E-state index contributed by atoms with van der Waals surface area (Å²) in [6, 6.07) is 21.3. The van der Waals surface area contributed by atoms with E-state index in [-0.39, 0.29) is 38.0 Å². The molecule has 7 rings (SSSR count). The molecule has 3 amide bonds. The molecule has 1 spiro atoms. The molecule has 2 fully saturated rings. The van der Waals surface area contributed by atoms with Crippen molar-refractivity contribution in [1.82, 2.24) is 10.2 Å². The number of unbranched alkanes of at least 4 members (excludes halogenated alkanes) is 3. The molecule has 2 N–H and O–H groups in total. The Bertz CT molecular complexity index is 1860. The first-order chi connectivity index (χ1) is 24.8. The van der Waals surface area contributed by atoms with Crippen molar-refractivity contribution in [2.75, 3.05) is 31.2 Å². The number of halogens is 1. The lowest BCUT2D eigenvalue weighted by Crippen LogP contribution is -2.56. The van der Waals surface area contributed by atoms with Gasteiger partial charge in [-0.2, -0.15) is 0 Å². The molecule has 6 atom stereocenters. The van der Waals surface area contributed by atoms with E-state index in [0.717, 1.165) is 29.2 Å². The molecule has 4 aliphatic heterocycles. The lowest BCUT2D eigenvalue weighted by atomic mass is 9.74. The van der Waals surface area contributed by atoms with Crippen molar-refractivity contribution >= 4 is 56.1 Å². The number of ether oxygens (including phenoxy) is 2. The summed E-state index contributed by atoms with van der Waals surface area (Å²) in [5.74, 6) is -3.31. The van der Waals surface area contributed by atoms with Crippen LogP contribution in [0.2, 0.25) is 0 Å². The number of rotatable bonds is 8. The molecular formula is C40H42BrN3O7. The summed E-state index contributed by atoms with van der Waals surface area (Å²) in [7, 11) is 0. The van der Waals surface area contributed by atoms with E-state index < -0.39 is 47.5 Å². The highest BCUT2D eigenvalue weighted by Crippen LogP contribution is 2.59. The molecule has 0 unspecified atom stereocenters. The number of cyclic esters (lactones) is 1. The number of aliphatic hydroxyl groups is 1. The number of esters is 1. The normalized spacial score (nSPS) is 28.8. The molecule has 10 nitrogen and oxygen atoms in total. The van der Waals surface area contributed by atoms with Gasteiger partial charge >= 0.3 is 5.97 Å². The molecule has 3 aromatic rings. The summed E-state index contributed by atoms with van der Waals surface area (Å²) in [5.41, 5.74) is 0.0318. The van der Waals surface area contributed by atoms with Gasteiger partial charge in [-0.25, -0.2) is 0 Å². The zero-order valence-corrected chi connectivity index (χ0v) is 29.9. The molecule has 0 aromatic heterocycles. The molecule has 4 aliphatic rings. The quantitative estimate of drug-likeness (QED) is 0.181. The predicted octanol–water partition coefficient (Wildman–Crippen LogP) is 5.35. The lowest BCUT2D eigenvalue weighted by Gasteiger charge is -2.36. The average Bonchev–Trinajstić information content (AvgIpc) is 3.74. The third-order valence-corrected chi connectivity index (χ3v) is 11.2. The number of nitrogens with zero attached hydrogens (tertiary/aromatic N) is 2. The average molecular weight is 757 g/mol. The van der Waals surface area contributed by atoms with Gasteiger partial charge in [0.25, 0.3) is 5.91 Å². The van der Waals surface area contributed by atoms with Gasteiger partial charge in [0.15, 0.2) is 0 Å². The first kappa shape index (κ1) is 35.1. The highest BCUT2D eigenvalue weighted by molar-refractivity contribution is 9.11. The standard InChI is InChI=1S/C40H42BrN3O7/c41-30-24-40-34-33(35(30)51-40)37(47)42-31(27-14-5-3-6-15-27)25-50-32(46)17-7-4-11-20-43(29-19-18-26-13-8-9-16-28(26)23-29)39(49)36(40)44(38(34)48)21-10-1-2-12-22-45/h3-6,8-9,11,13-16,18-19,23-24,31,33-36,45H,1-2,7,10,12,17,20-22,25H2,(H,42,47)/b11-4-/t31-,33-,34+,35-,36-,40+/m1/s1. The highest BCUT2D eigenvalue weighted by Gasteiger charge is 2.74. The number of hydrogen-bond acceptors (Lipinski definition) is 7. The molecule has 266 valence electrons. The van der Waals surface area contributed by atoms with Crippen molar-refractivity contribution in [1.29, 1.82) is 0 Å². The monoisotopic (exact) mass is 755 g/mol. The lowest BCUT2D eigenvalue weighted by molar-refractivity contribution is -0.145. The van der Waals surface area contributed by atoms with Gasteiger partial charge in [-0.15, -0.1) is 0 Å². The number of nitrogens with one attached hydrogen (secondary N) is 1. The number of benzene rings is 3. The number of aliphatic hydroxyl groups excluding tert-OH is 1. The minimum Gasteiger partial charge on any atom is -0.463 e. The Balaban J connectivity index is 1.31. The summed E-state index contributed by atoms with van der Waals surface area (Å²) >= 11 is 3.65. The molecular weight excluding hydrogens is 714 g/mol. The van der Waals surface area contributed by atoms with E-state index in [1.807, 2.05) is 91.0 Å². The Kier molecular flexibility index (Phi) is 10.4. The molecule has 0 radical (unpaired) electrons. The van der Waals surface area contributed by atoms with Crippen LogP contribution in [0.4, 0.5) is 5.69 Å². The van der Waals surface area contributed by atoms with Gasteiger partial charge in [-0.05, 0) is 53.8 Å². The predicted molar refractivity (Wildman–Crippen MR) is 196 cm³/mol. The van der Waals surface area contributed by atoms with Crippen molar-refractivity contribution in [3.63, 3.8) is 0 Å². The molecule has 0 aliphatic carbocycles. The summed E-state index contributed by atoms with van der Waals surface area (Å²) in [6.07, 6.45) is 8.17. The van der Waals surface area contributed by atoms with Gasteiger partial charge in [-0.3, -0.25) is 19.2 Å². The van der Waals surface area contributed by atoms with Gasteiger partial charge in [-0.1, -0.05) is 102 Å². The van der Waals surface area contributed by atoms with Gasteiger partial charge in [0.1, 0.15) is 24.4 Å². The molecule has 2 saturated heterocycles. The van der Waals surface area contributed by atoms with Crippen LogP contribution in [0, 0.1) is 11.8 Å². The Morgan fingerprint density at radius 2 is 1.65 bits per heavy atom. The fourth-order valence-electron chi connectivity index (χ4n) is 8.02. The van der Waals surface area contributed by atoms with Crippen LogP contribution < -0.4 is 10.2 Å². The third-order valence-electron chi connectivity index (χ3n) is 10.5. The largest absolute Gasteiger partial charge is 0.463 e. The maximum Gasteiger partial charge on any atom is 0.306 e. The Hall–Kier alpha value is -4.32. The van der Waals surface area contributed by atoms with Crippen molar-refractivity contribution in [3.05, 3.63) is 101 Å². The number of carbonyl (C=O) groups is 4. The van der Waals surface area contributed by atoms with Crippen molar-refractivity contribution < 1.29 is 33.8 Å². The van der Waals surface area contributed by atoms with Crippen molar-refractivity contribution in [2.24, 2.45) is 11.8 Å². The number of allylic oxidation sites excluding steroid dienone is 1. The van der Waals surface area contributed by atoms with E-state index in [1.165, 1.54) is 0 Å². The minimum absolute atomic E-state index is 0.0753. The molecule has 11 heteroatoms. The van der Waals surface area contributed by atoms with Gasteiger partial charge < -0.3 is 29.7 Å². The van der Waals surface area contributed by atoms with E-state index in [9.17, 15) is 19.5 Å². The number of carbonyl (C=O) groups excluding carboxylic acids is 4. The SMILES string of the molecule is O=C1CC/C=C\CN(c2ccc3ccccc3c2)C(=O)[C@H]2N(CCCCCCO)C(=O)[C@@H]3[C@@H](C(=O)N[C@@H](c4ccccc4)CO1)[C@@H]1O[C@@]32C=C1Br. The van der Waals surface area contributed by atoms with Crippen LogP contribution in [0.1, 0.15) is 50.1 Å². The number of fused-ring (bicyclic) bond motifs is 3. The van der Waals surface area contributed by atoms with E-state index in [0.29, 0.717) is 36.0 Å². The van der Waals surface area contributed by atoms with E-state index in [4.69, 9.17) is 9.47 Å². The molecule has 3 aromatic carbocycles. The first-order valence-corrected chi connectivity index (χ1v) is 18.5. The summed E-state index contributed by atoms with van der Waals surface area (Å²) in [6.45, 7) is 0.512. The van der Waals surface area contributed by atoms with Crippen LogP contribution >= 0.6 is 15.9 Å². The van der Waals surface area contributed by atoms with Crippen molar-refractivity contribution in [3.8, 4) is 0 Å². The summed E-state index contributed by atoms with van der Waals surface area (Å²) < 4.78 is 13.0. The smallest absolute Gasteiger partial charge is 0.306 e. The summed E-state index contributed by atoms with van der Waals surface area (Å²) in [4.78, 5) is 60.4. The minimum atomic E-state index is -1.38. The second-order valence-corrected chi connectivity index (χ2v) is 14.6. The maximum absolute atomic E-state index is 15.2. The molecule has 51 heavy (non-hydrogen) atoms. The van der Waals surface area contributed by atoms with Crippen LogP contribution in [-0.2, 0) is 28.7 Å². The Labute approximate surface area is 305 Å². The van der Waals surface area contributed by atoms with E-state index >= 15 is 4.79 Å². The second-order valence-electron chi connectivity index (χ2n) is 13.6. The van der Waals surface area contributed by atoms with Gasteiger partial charge in [0, 0.05) is 36.3 Å². The number of amides is 3.